The van der Waals surface area contributed by atoms with Crippen LogP contribution in [0.4, 0.5) is 5.69 Å². The zero-order valence-corrected chi connectivity index (χ0v) is 16.5. The highest BCUT2D eigenvalue weighted by Gasteiger charge is 2.27. The maximum absolute atomic E-state index is 12.8. The Bertz CT molecular complexity index is 904. The van der Waals surface area contributed by atoms with Crippen LogP contribution in [0.3, 0.4) is 0 Å². The topological polar surface area (TPSA) is 48.7 Å². The van der Waals surface area contributed by atoms with Crippen molar-refractivity contribution in [2.45, 2.75) is 25.4 Å². The number of para-hydroxylation sites is 2. The van der Waals surface area contributed by atoms with Gasteiger partial charge in [0.1, 0.15) is 11.3 Å². The van der Waals surface area contributed by atoms with Gasteiger partial charge >= 0.3 is 0 Å². The molecule has 2 heterocycles. The molecule has 1 aromatic heterocycles. The van der Waals surface area contributed by atoms with Crippen LogP contribution in [0, 0.1) is 0 Å². The second-order valence-electron chi connectivity index (χ2n) is 7.60. The summed E-state index contributed by atoms with van der Waals surface area (Å²) in [7, 11) is 1.86. The second kappa shape index (κ2) is 8.07. The summed E-state index contributed by atoms with van der Waals surface area (Å²) >= 11 is 0. The van der Waals surface area contributed by atoms with Gasteiger partial charge in [-0.05, 0) is 37.6 Å². The Labute approximate surface area is 165 Å². The SMILES string of the molecule is CC(c1cc2ccccc2o1)N(C)C(=O)CN1CCC(Nc2ccccc2)C1. The Morgan fingerprint density at radius 3 is 2.75 bits per heavy atom. The maximum atomic E-state index is 12.8. The van der Waals surface area contributed by atoms with Crippen molar-refractivity contribution in [3.8, 4) is 0 Å². The van der Waals surface area contributed by atoms with Crippen LogP contribution in [-0.4, -0.2) is 48.4 Å². The number of anilines is 1. The zero-order chi connectivity index (χ0) is 19.5. The fourth-order valence-electron chi connectivity index (χ4n) is 3.78. The van der Waals surface area contributed by atoms with E-state index in [-0.39, 0.29) is 11.9 Å². The average molecular weight is 377 g/mol. The van der Waals surface area contributed by atoms with Crippen molar-refractivity contribution in [2.75, 3.05) is 32.0 Å². The molecule has 2 aromatic carbocycles. The van der Waals surface area contributed by atoms with E-state index in [1.54, 1.807) is 4.90 Å². The van der Waals surface area contributed by atoms with Crippen LogP contribution < -0.4 is 5.32 Å². The minimum atomic E-state index is -0.0965. The Morgan fingerprint density at radius 2 is 1.96 bits per heavy atom. The highest BCUT2D eigenvalue weighted by Crippen LogP contribution is 2.27. The molecule has 1 aliphatic heterocycles. The molecule has 146 valence electrons. The van der Waals surface area contributed by atoms with E-state index >= 15 is 0 Å². The molecule has 2 atom stereocenters. The van der Waals surface area contributed by atoms with Crippen LogP contribution in [0.15, 0.2) is 65.1 Å². The average Bonchev–Trinajstić information content (AvgIpc) is 3.34. The molecule has 5 heteroatoms. The van der Waals surface area contributed by atoms with Gasteiger partial charge in [0.2, 0.25) is 5.91 Å². The summed E-state index contributed by atoms with van der Waals surface area (Å²) < 4.78 is 5.94. The van der Waals surface area contributed by atoms with Gasteiger partial charge in [0.05, 0.1) is 12.6 Å². The molecule has 4 rings (SSSR count). The van der Waals surface area contributed by atoms with Crippen molar-refractivity contribution in [2.24, 2.45) is 0 Å². The number of furan rings is 1. The summed E-state index contributed by atoms with van der Waals surface area (Å²) in [4.78, 5) is 16.8. The Balaban J connectivity index is 1.33. The van der Waals surface area contributed by atoms with Crippen molar-refractivity contribution >= 4 is 22.6 Å². The van der Waals surface area contributed by atoms with Crippen molar-refractivity contribution in [3.05, 3.63) is 66.4 Å². The highest BCUT2D eigenvalue weighted by molar-refractivity contribution is 5.80. The molecular weight excluding hydrogens is 350 g/mol. The number of likely N-dealkylation sites (tertiary alicyclic amines) is 1. The number of amides is 1. The third-order valence-electron chi connectivity index (χ3n) is 5.61. The molecule has 2 unspecified atom stereocenters. The van der Waals surface area contributed by atoms with E-state index in [2.05, 4.69) is 22.3 Å². The molecule has 0 radical (unpaired) electrons. The second-order valence-corrected chi connectivity index (χ2v) is 7.60. The molecule has 5 nitrogen and oxygen atoms in total. The van der Waals surface area contributed by atoms with Crippen LogP contribution >= 0.6 is 0 Å². The molecule has 1 aliphatic rings. The summed E-state index contributed by atoms with van der Waals surface area (Å²) in [6.45, 7) is 4.27. The van der Waals surface area contributed by atoms with Gasteiger partial charge < -0.3 is 14.6 Å². The molecule has 0 spiro atoms. The van der Waals surface area contributed by atoms with Crippen LogP contribution in [0.2, 0.25) is 0 Å². The number of carbonyl (C=O) groups excluding carboxylic acids is 1. The number of hydrogen-bond acceptors (Lipinski definition) is 4. The first-order valence-electron chi connectivity index (χ1n) is 9.88. The fraction of sp³-hybridized carbons (Fsp3) is 0.348. The lowest BCUT2D eigenvalue weighted by Crippen LogP contribution is -2.39. The van der Waals surface area contributed by atoms with Crippen LogP contribution in [0.5, 0.6) is 0 Å². The summed E-state index contributed by atoms with van der Waals surface area (Å²) in [5.74, 6) is 0.940. The maximum Gasteiger partial charge on any atom is 0.237 e. The Kier molecular flexibility index (Phi) is 5.35. The van der Waals surface area contributed by atoms with Gasteiger partial charge in [-0.3, -0.25) is 9.69 Å². The third kappa shape index (κ3) is 4.04. The standard InChI is InChI=1S/C23H27N3O2/c1-17(22-14-18-8-6-7-11-21(18)28-22)25(2)23(27)16-26-13-12-20(15-26)24-19-9-4-3-5-10-19/h3-11,14,17,20,24H,12-13,15-16H2,1-2H3. The molecule has 0 saturated carbocycles. The minimum absolute atomic E-state index is 0.0965. The minimum Gasteiger partial charge on any atom is -0.459 e. The van der Waals surface area contributed by atoms with Crippen molar-refractivity contribution < 1.29 is 9.21 Å². The summed E-state index contributed by atoms with van der Waals surface area (Å²) in [6, 6.07) is 20.5. The van der Waals surface area contributed by atoms with Crippen LogP contribution in [-0.2, 0) is 4.79 Å². The monoisotopic (exact) mass is 377 g/mol. The van der Waals surface area contributed by atoms with E-state index in [0.717, 1.165) is 41.9 Å². The largest absolute Gasteiger partial charge is 0.459 e. The van der Waals surface area contributed by atoms with E-state index in [4.69, 9.17) is 4.42 Å². The predicted octanol–water partition coefficient (Wildman–Crippen LogP) is 4.14. The Hall–Kier alpha value is -2.79. The molecule has 28 heavy (non-hydrogen) atoms. The Morgan fingerprint density at radius 1 is 1.21 bits per heavy atom. The number of fused-ring (bicyclic) bond motifs is 1. The van der Waals surface area contributed by atoms with E-state index < -0.39 is 0 Å². The van der Waals surface area contributed by atoms with Crippen molar-refractivity contribution in [1.29, 1.82) is 0 Å². The molecule has 1 N–H and O–H groups in total. The van der Waals surface area contributed by atoms with Crippen LogP contribution in [0.1, 0.15) is 25.1 Å². The summed E-state index contributed by atoms with van der Waals surface area (Å²) in [6.07, 6.45) is 1.05. The van der Waals surface area contributed by atoms with Crippen molar-refractivity contribution in [1.82, 2.24) is 9.80 Å². The number of rotatable bonds is 6. The van der Waals surface area contributed by atoms with E-state index in [9.17, 15) is 4.79 Å². The van der Waals surface area contributed by atoms with Gasteiger partial charge in [0, 0.05) is 37.3 Å². The number of nitrogens with one attached hydrogen (secondary N) is 1. The molecule has 3 aromatic rings. The summed E-state index contributed by atoms with van der Waals surface area (Å²) in [5.41, 5.74) is 2.00. The van der Waals surface area contributed by atoms with Gasteiger partial charge in [0.15, 0.2) is 0 Å². The van der Waals surface area contributed by atoms with Gasteiger partial charge in [-0.25, -0.2) is 0 Å². The van der Waals surface area contributed by atoms with Gasteiger partial charge in [0.25, 0.3) is 0 Å². The fourth-order valence-corrected chi connectivity index (χ4v) is 3.78. The normalized spacial score (nSPS) is 18.3. The van der Waals surface area contributed by atoms with Crippen LogP contribution in [0.25, 0.3) is 11.0 Å². The third-order valence-corrected chi connectivity index (χ3v) is 5.61. The molecule has 0 aliphatic carbocycles. The zero-order valence-electron chi connectivity index (χ0n) is 16.5. The lowest BCUT2D eigenvalue weighted by molar-refractivity contribution is -0.133. The first-order chi connectivity index (χ1) is 13.6. The van der Waals surface area contributed by atoms with E-state index in [1.807, 2.05) is 62.5 Å². The molecular formula is C23H27N3O2. The highest BCUT2D eigenvalue weighted by atomic mass is 16.3. The van der Waals surface area contributed by atoms with E-state index in [0.29, 0.717) is 12.6 Å². The first-order valence-corrected chi connectivity index (χ1v) is 9.88. The number of likely N-dealkylation sites (N-methyl/N-ethyl adjacent to an activating group) is 1. The predicted molar refractivity (Wildman–Crippen MR) is 112 cm³/mol. The number of nitrogens with zero attached hydrogens (tertiary/aromatic N) is 2. The van der Waals surface area contributed by atoms with Crippen molar-refractivity contribution in [3.63, 3.8) is 0 Å². The summed E-state index contributed by atoms with van der Waals surface area (Å²) in [5, 5.41) is 4.62. The molecule has 1 amide bonds. The first kappa shape index (κ1) is 18.6. The lowest BCUT2D eigenvalue weighted by atomic mass is 10.2. The molecule has 0 bridgehead atoms. The lowest BCUT2D eigenvalue weighted by Gasteiger charge is -2.26. The molecule has 1 saturated heterocycles. The van der Waals surface area contributed by atoms with Gasteiger partial charge in [-0.2, -0.15) is 0 Å². The number of benzene rings is 2. The van der Waals surface area contributed by atoms with E-state index in [1.165, 1.54) is 0 Å². The molecule has 1 fully saturated rings. The quantitative estimate of drug-likeness (QED) is 0.701. The van der Waals surface area contributed by atoms with Gasteiger partial charge in [-0.15, -0.1) is 0 Å². The number of carbonyl (C=O) groups is 1. The number of hydrogen-bond donors (Lipinski definition) is 1. The van der Waals surface area contributed by atoms with Gasteiger partial charge in [-0.1, -0.05) is 36.4 Å². The smallest absolute Gasteiger partial charge is 0.237 e.